The maximum Gasteiger partial charge on any atom is 0.306 e. The summed E-state index contributed by atoms with van der Waals surface area (Å²) in [5, 5.41) is 30.2. The molecule has 1 aliphatic carbocycles. The van der Waals surface area contributed by atoms with Gasteiger partial charge in [0.1, 0.15) is 18.5 Å². The van der Waals surface area contributed by atoms with Crippen LogP contribution in [0.4, 0.5) is 8.78 Å². The van der Waals surface area contributed by atoms with Gasteiger partial charge in [0.15, 0.2) is 11.6 Å². The van der Waals surface area contributed by atoms with E-state index in [1.807, 2.05) is 6.92 Å². The molecule has 34 heavy (non-hydrogen) atoms. The first kappa shape index (κ1) is 26.6. The Hall–Kier alpha value is -2.03. The number of fused-ring (bicyclic) bond motifs is 1. The Morgan fingerprint density at radius 1 is 1.29 bits per heavy atom. The van der Waals surface area contributed by atoms with Crippen LogP contribution in [0.3, 0.4) is 0 Å². The molecule has 0 aromatic heterocycles. The SMILES string of the molecule is CCCC(CC[C@H]1CC[C@@H]2[C@@H](/C=C/[C@@H](O)COc3cc(F)ccc3F)[C@H](O)C[C@@H]2OC1)C(=O)O. The average molecular weight is 483 g/mol. The Labute approximate surface area is 199 Å². The van der Waals surface area contributed by atoms with E-state index in [4.69, 9.17) is 9.47 Å². The minimum absolute atomic E-state index is 0.0738. The van der Waals surface area contributed by atoms with E-state index in [-0.39, 0.29) is 36.2 Å². The van der Waals surface area contributed by atoms with Crippen molar-refractivity contribution in [2.45, 2.75) is 70.2 Å². The highest BCUT2D eigenvalue weighted by atomic mass is 19.1. The maximum absolute atomic E-state index is 13.7. The minimum Gasteiger partial charge on any atom is -0.487 e. The van der Waals surface area contributed by atoms with Gasteiger partial charge in [-0.25, -0.2) is 8.78 Å². The van der Waals surface area contributed by atoms with Crippen LogP contribution >= 0.6 is 0 Å². The van der Waals surface area contributed by atoms with Gasteiger partial charge in [-0.3, -0.25) is 4.79 Å². The Morgan fingerprint density at radius 2 is 2.09 bits per heavy atom. The second kappa shape index (κ2) is 12.6. The van der Waals surface area contributed by atoms with Gasteiger partial charge in [-0.2, -0.15) is 0 Å². The van der Waals surface area contributed by atoms with Gasteiger partial charge in [0, 0.05) is 25.0 Å². The molecule has 0 amide bonds. The van der Waals surface area contributed by atoms with Crippen molar-refractivity contribution in [1.29, 1.82) is 0 Å². The van der Waals surface area contributed by atoms with Crippen molar-refractivity contribution in [3.05, 3.63) is 42.0 Å². The molecule has 2 fully saturated rings. The zero-order valence-electron chi connectivity index (χ0n) is 19.6. The molecule has 1 saturated heterocycles. The first-order valence-corrected chi connectivity index (χ1v) is 12.2. The van der Waals surface area contributed by atoms with Gasteiger partial charge in [-0.15, -0.1) is 0 Å². The van der Waals surface area contributed by atoms with Crippen molar-refractivity contribution in [3.8, 4) is 5.75 Å². The summed E-state index contributed by atoms with van der Waals surface area (Å²) in [5.41, 5.74) is 0. The van der Waals surface area contributed by atoms with Crippen LogP contribution in [-0.2, 0) is 9.53 Å². The van der Waals surface area contributed by atoms with Gasteiger partial charge in [-0.1, -0.05) is 25.5 Å². The topological polar surface area (TPSA) is 96.2 Å². The van der Waals surface area contributed by atoms with E-state index in [0.29, 0.717) is 31.8 Å². The highest BCUT2D eigenvalue weighted by Gasteiger charge is 2.43. The van der Waals surface area contributed by atoms with Gasteiger partial charge >= 0.3 is 5.97 Å². The fourth-order valence-corrected chi connectivity index (χ4v) is 5.19. The number of carboxylic acid groups (broad SMARTS) is 1. The van der Waals surface area contributed by atoms with Crippen LogP contribution in [0.25, 0.3) is 0 Å². The van der Waals surface area contributed by atoms with Gasteiger partial charge in [0.2, 0.25) is 0 Å². The zero-order chi connectivity index (χ0) is 24.7. The molecule has 0 radical (unpaired) electrons. The largest absolute Gasteiger partial charge is 0.487 e. The van der Waals surface area contributed by atoms with Crippen LogP contribution < -0.4 is 4.74 Å². The van der Waals surface area contributed by atoms with Crippen LogP contribution in [0, 0.1) is 35.3 Å². The van der Waals surface area contributed by atoms with Gasteiger partial charge in [-0.05, 0) is 56.1 Å². The van der Waals surface area contributed by atoms with Crippen LogP contribution in [-0.4, -0.2) is 52.8 Å². The smallest absolute Gasteiger partial charge is 0.306 e. The lowest BCUT2D eigenvalue weighted by atomic mass is 9.85. The molecule has 1 saturated carbocycles. The number of aliphatic hydroxyl groups excluding tert-OH is 2. The Kier molecular flexibility index (Phi) is 9.85. The highest BCUT2D eigenvalue weighted by Crippen LogP contribution is 2.42. The molecule has 190 valence electrons. The van der Waals surface area contributed by atoms with Crippen molar-refractivity contribution in [1.82, 2.24) is 0 Å². The van der Waals surface area contributed by atoms with E-state index in [2.05, 4.69) is 0 Å². The predicted molar refractivity (Wildman–Crippen MR) is 122 cm³/mol. The lowest BCUT2D eigenvalue weighted by Crippen LogP contribution is -2.22. The fourth-order valence-electron chi connectivity index (χ4n) is 5.19. The molecule has 1 aliphatic heterocycles. The lowest BCUT2D eigenvalue weighted by molar-refractivity contribution is -0.142. The highest BCUT2D eigenvalue weighted by molar-refractivity contribution is 5.69. The standard InChI is InChI=1S/C26H36F2O6/c1-2-3-17(26(31)32)6-4-16-5-9-21-20(23(30)13-24(21)33-14-16)10-8-19(29)15-34-25-12-18(27)7-11-22(25)28/h7-8,10-12,16-17,19-21,23-24,29-30H,2-6,9,13-15H2,1H3,(H,31,32)/b10-8+/t16-,17?,19+,20+,21+,23+,24-/m0/s1. The summed E-state index contributed by atoms with van der Waals surface area (Å²) < 4.78 is 38.2. The van der Waals surface area contributed by atoms with Crippen molar-refractivity contribution in [2.75, 3.05) is 13.2 Å². The van der Waals surface area contributed by atoms with E-state index in [1.54, 1.807) is 6.08 Å². The quantitative estimate of drug-likeness (QED) is 0.406. The zero-order valence-corrected chi connectivity index (χ0v) is 19.6. The number of halogens is 2. The number of aliphatic hydroxyl groups is 2. The second-order valence-electron chi connectivity index (χ2n) is 9.60. The van der Waals surface area contributed by atoms with Gasteiger partial charge in [0.05, 0.1) is 18.1 Å². The van der Waals surface area contributed by atoms with E-state index in [0.717, 1.165) is 43.9 Å². The summed E-state index contributed by atoms with van der Waals surface area (Å²) >= 11 is 0. The summed E-state index contributed by atoms with van der Waals surface area (Å²) in [7, 11) is 0. The van der Waals surface area contributed by atoms with Gasteiger partial charge < -0.3 is 24.8 Å². The molecular weight excluding hydrogens is 446 g/mol. The van der Waals surface area contributed by atoms with E-state index >= 15 is 0 Å². The molecular formula is C26H36F2O6. The molecule has 0 spiro atoms. The van der Waals surface area contributed by atoms with Crippen LogP contribution in [0.1, 0.15) is 51.9 Å². The van der Waals surface area contributed by atoms with Crippen LogP contribution in [0.15, 0.2) is 30.4 Å². The first-order chi connectivity index (χ1) is 16.3. The number of hydrogen-bond donors (Lipinski definition) is 3. The van der Waals surface area contributed by atoms with Crippen molar-refractivity contribution in [3.63, 3.8) is 0 Å². The van der Waals surface area contributed by atoms with E-state index in [1.165, 1.54) is 6.08 Å². The number of carbonyl (C=O) groups is 1. The minimum atomic E-state index is -1.04. The Morgan fingerprint density at radius 3 is 2.82 bits per heavy atom. The number of benzene rings is 1. The molecule has 3 rings (SSSR count). The number of hydrogen-bond acceptors (Lipinski definition) is 5. The number of rotatable bonds is 11. The Bertz CT molecular complexity index is 832. The molecule has 8 heteroatoms. The second-order valence-corrected chi connectivity index (χ2v) is 9.60. The van der Waals surface area contributed by atoms with Crippen molar-refractivity contribution >= 4 is 5.97 Å². The summed E-state index contributed by atoms with van der Waals surface area (Å²) in [6.07, 6.45) is 6.87. The molecule has 1 aromatic carbocycles. The number of ether oxygens (including phenoxy) is 2. The third kappa shape index (κ3) is 7.23. The number of carboxylic acids is 1. The summed E-state index contributed by atoms with van der Waals surface area (Å²) in [4.78, 5) is 11.4. The maximum atomic E-state index is 13.7. The monoisotopic (exact) mass is 482 g/mol. The van der Waals surface area contributed by atoms with Crippen LogP contribution in [0.5, 0.6) is 5.75 Å². The van der Waals surface area contributed by atoms with Crippen molar-refractivity contribution < 1.29 is 38.4 Å². The lowest BCUT2D eigenvalue weighted by Gasteiger charge is -2.21. The molecule has 1 heterocycles. The van der Waals surface area contributed by atoms with E-state index in [9.17, 15) is 28.9 Å². The normalized spacial score (nSPS) is 28.9. The number of aliphatic carboxylic acids is 1. The summed E-state index contributed by atoms with van der Waals surface area (Å²) in [6, 6.07) is 2.88. The molecule has 7 atom stereocenters. The third-order valence-electron chi connectivity index (χ3n) is 7.11. The Balaban J connectivity index is 1.51. The van der Waals surface area contributed by atoms with E-state index < -0.39 is 29.8 Å². The fraction of sp³-hybridized carbons (Fsp3) is 0.654. The molecule has 3 N–H and O–H groups in total. The van der Waals surface area contributed by atoms with Crippen molar-refractivity contribution in [2.24, 2.45) is 23.7 Å². The molecule has 6 nitrogen and oxygen atoms in total. The summed E-state index contributed by atoms with van der Waals surface area (Å²) in [6.45, 7) is 2.32. The third-order valence-corrected chi connectivity index (χ3v) is 7.11. The summed E-state index contributed by atoms with van der Waals surface area (Å²) in [5.74, 6) is -2.42. The average Bonchev–Trinajstić information content (AvgIpc) is 2.96. The first-order valence-electron chi connectivity index (χ1n) is 12.2. The molecule has 1 aromatic rings. The molecule has 2 aliphatic rings. The molecule has 1 unspecified atom stereocenters. The molecule has 0 bridgehead atoms. The van der Waals surface area contributed by atoms with Gasteiger partial charge in [0.25, 0.3) is 0 Å². The van der Waals surface area contributed by atoms with Crippen LogP contribution in [0.2, 0.25) is 0 Å². The predicted octanol–water partition coefficient (Wildman–Crippen LogP) is 4.33.